The molecule has 0 aliphatic heterocycles. The van der Waals surface area contributed by atoms with E-state index in [2.05, 4.69) is 86.5 Å². The molecule has 0 aliphatic carbocycles. The van der Waals surface area contributed by atoms with E-state index in [4.69, 9.17) is 6.42 Å². The fraction of sp³-hybridized carbons (Fsp3) is 0.0909. The largest absolute Gasteiger partial charge is 0.115 e. The van der Waals surface area contributed by atoms with Crippen LogP contribution in [0.1, 0.15) is 16.7 Å². The number of hydrogen-bond acceptors (Lipinski definition) is 0. The predicted molar refractivity (Wildman–Crippen MR) is 94.7 cm³/mol. The number of terminal acetylenes is 1. The number of hydrogen-bond donors (Lipinski definition) is 0. The molecule has 0 N–H and O–H groups in total. The summed E-state index contributed by atoms with van der Waals surface area (Å²) in [6.45, 7) is 4.18. The van der Waals surface area contributed by atoms with Gasteiger partial charge in [0.2, 0.25) is 0 Å². The van der Waals surface area contributed by atoms with Gasteiger partial charge < -0.3 is 0 Å². The second-order valence-electron chi connectivity index (χ2n) is 5.60. The summed E-state index contributed by atoms with van der Waals surface area (Å²) in [4.78, 5) is 0. The fourth-order valence-corrected chi connectivity index (χ4v) is 2.66. The molecule has 0 bridgehead atoms. The molecule has 106 valence electrons. The van der Waals surface area contributed by atoms with E-state index in [1.807, 2.05) is 0 Å². The van der Waals surface area contributed by atoms with Crippen molar-refractivity contribution in [1.82, 2.24) is 0 Å². The summed E-state index contributed by atoms with van der Waals surface area (Å²) in [7, 11) is 0. The topological polar surface area (TPSA) is 0 Å². The zero-order valence-electron chi connectivity index (χ0n) is 12.9. The molecule has 0 saturated carbocycles. The molecule has 3 aromatic carbocycles. The quantitative estimate of drug-likeness (QED) is 0.535. The zero-order chi connectivity index (χ0) is 15.5. The van der Waals surface area contributed by atoms with Gasteiger partial charge in [0.05, 0.1) is 0 Å². The Hall–Kier alpha value is -2.78. The Balaban J connectivity index is 2.18. The average Bonchev–Trinajstić information content (AvgIpc) is 2.55. The van der Waals surface area contributed by atoms with E-state index in [9.17, 15) is 0 Å². The van der Waals surface area contributed by atoms with Crippen LogP contribution in [-0.2, 0) is 0 Å². The number of rotatable bonds is 2. The normalized spacial score (nSPS) is 10.2. The first kappa shape index (κ1) is 14.2. The van der Waals surface area contributed by atoms with Gasteiger partial charge in [0, 0.05) is 5.56 Å². The van der Waals surface area contributed by atoms with Gasteiger partial charge in [-0.3, -0.25) is 0 Å². The molecule has 0 nitrogen and oxygen atoms in total. The van der Waals surface area contributed by atoms with E-state index >= 15 is 0 Å². The van der Waals surface area contributed by atoms with Gasteiger partial charge >= 0.3 is 0 Å². The van der Waals surface area contributed by atoms with Gasteiger partial charge in [0.1, 0.15) is 0 Å². The molecule has 3 rings (SSSR count). The van der Waals surface area contributed by atoms with Crippen molar-refractivity contribution in [2.45, 2.75) is 13.8 Å². The van der Waals surface area contributed by atoms with Gasteiger partial charge in [-0.25, -0.2) is 0 Å². The Morgan fingerprint density at radius 2 is 1.05 bits per heavy atom. The minimum atomic E-state index is 0.954. The van der Waals surface area contributed by atoms with Crippen molar-refractivity contribution >= 4 is 0 Å². The van der Waals surface area contributed by atoms with Crippen molar-refractivity contribution in [3.8, 4) is 34.6 Å². The Morgan fingerprint density at radius 1 is 0.636 bits per heavy atom. The Kier molecular flexibility index (Phi) is 3.81. The molecule has 3 aromatic rings. The molecule has 0 aromatic heterocycles. The maximum atomic E-state index is 5.84. The lowest BCUT2D eigenvalue weighted by molar-refractivity contribution is 1.45. The summed E-state index contributed by atoms with van der Waals surface area (Å²) >= 11 is 0. The van der Waals surface area contributed by atoms with Crippen molar-refractivity contribution in [2.75, 3.05) is 0 Å². The van der Waals surface area contributed by atoms with E-state index in [1.165, 1.54) is 11.1 Å². The molecule has 0 fully saturated rings. The third kappa shape index (κ3) is 2.67. The van der Waals surface area contributed by atoms with Crippen molar-refractivity contribution < 1.29 is 0 Å². The van der Waals surface area contributed by atoms with Crippen LogP contribution in [0, 0.1) is 26.2 Å². The predicted octanol–water partition coefficient (Wildman–Crippen LogP) is 5.62. The maximum absolute atomic E-state index is 5.84. The van der Waals surface area contributed by atoms with Gasteiger partial charge in [-0.2, -0.15) is 0 Å². The molecule has 0 heterocycles. The molecule has 0 spiro atoms. The summed E-state index contributed by atoms with van der Waals surface area (Å²) < 4.78 is 0. The highest BCUT2D eigenvalue weighted by Crippen LogP contribution is 2.32. The highest BCUT2D eigenvalue weighted by Gasteiger charge is 2.09. The van der Waals surface area contributed by atoms with Crippen LogP contribution in [0.15, 0.2) is 66.7 Å². The summed E-state index contributed by atoms with van der Waals surface area (Å²) in [6, 6.07) is 23.3. The molecular weight excluding hydrogens is 264 g/mol. The van der Waals surface area contributed by atoms with Gasteiger partial charge in [-0.05, 0) is 36.1 Å². The third-order valence-corrected chi connectivity index (χ3v) is 3.93. The van der Waals surface area contributed by atoms with Crippen LogP contribution in [0.5, 0.6) is 0 Å². The lowest BCUT2D eigenvalue weighted by atomic mass is 9.91. The highest BCUT2D eigenvalue weighted by molar-refractivity contribution is 5.82. The Labute approximate surface area is 132 Å². The Bertz CT molecular complexity index is 765. The summed E-state index contributed by atoms with van der Waals surface area (Å²) in [5.41, 5.74) is 8.00. The van der Waals surface area contributed by atoms with E-state index < -0.39 is 0 Å². The minimum absolute atomic E-state index is 0.954. The van der Waals surface area contributed by atoms with Crippen LogP contribution in [0.3, 0.4) is 0 Å². The molecule has 0 saturated heterocycles. The van der Waals surface area contributed by atoms with Gasteiger partial charge in [-0.15, -0.1) is 6.42 Å². The van der Waals surface area contributed by atoms with Crippen LogP contribution in [0.4, 0.5) is 0 Å². The van der Waals surface area contributed by atoms with Crippen LogP contribution >= 0.6 is 0 Å². The van der Waals surface area contributed by atoms with Crippen molar-refractivity contribution in [1.29, 1.82) is 0 Å². The molecule has 0 aliphatic rings. The van der Waals surface area contributed by atoms with E-state index in [-0.39, 0.29) is 0 Å². The molecule has 0 unspecified atom stereocenters. The molecule has 22 heavy (non-hydrogen) atoms. The molecule has 0 radical (unpaired) electrons. The molecule has 0 atom stereocenters. The second-order valence-corrected chi connectivity index (χ2v) is 5.60. The second kappa shape index (κ2) is 5.92. The van der Waals surface area contributed by atoms with Crippen LogP contribution in [0.2, 0.25) is 0 Å². The Morgan fingerprint density at radius 3 is 1.41 bits per heavy atom. The SMILES string of the molecule is C#Cc1c(-c2ccc(C)cc2)cccc1-c1ccc(C)cc1. The average molecular weight is 282 g/mol. The molecule has 0 heteroatoms. The number of benzene rings is 3. The van der Waals surface area contributed by atoms with Gasteiger partial charge in [0.25, 0.3) is 0 Å². The first-order valence-corrected chi connectivity index (χ1v) is 7.43. The van der Waals surface area contributed by atoms with Crippen LogP contribution < -0.4 is 0 Å². The van der Waals surface area contributed by atoms with E-state index in [0.29, 0.717) is 0 Å². The fourth-order valence-electron chi connectivity index (χ4n) is 2.66. The highest BCUT2D eigenvalue weighted by atomic mass is 14.1. The third-order valence-electron chi connectivity index (χ3n) is 3.93. The van der Waals surface area contributed by atoms with Crippen molar-refractivity contribution in [3.05, 3.63) is 83.4 Å². The standard InChI is InChI=1S/C22H18/c1-4-20-21(18-12-8-16(2)9-13-18)6-5-7-22(20)19-14-10-17(3)11-15-19/h1,5-15H,2-3H3. The van der Waals surface area contributed by atoms with E-state index in [1.54, 1.807) is 0 Å². The summed E-state index contributed by atoms with van der Waals surface area (Å²) in [6.07, 6.45) is 5.84. The minimum Gasteiger partial charge on any atom is -0.115 e. The zero-order valence-corrected chi connectivity index (χ0v) is 12.9. The van der Waals surface area contributed by atoms with Crippen LogP contribution in [-0.4, -0.2) is 0 Å². The maximum Gasteiger partial charge on any atom is 0.0399 e. The molecular formula is C22H18. The monoisotopic (exact) mass is 282 g/mol. The lowest BCUT2D eigenvalue weighted by Crippen LogP contribution is -1.90. The number of aryl methyl sites for hydroxylation is 2. The van der Waals surface area contributed by atoms with Crippen molar-refractivity contribution in [3.63, 3.8) is 0 Å². The van der Waals surface area contributed by atoms with Crippen LogP contribution in [0.25, 0.3) is 22.3 Å². The van der Waals surface area contributed by atoms with E-state index in [0.717, 1.165) is 27.8 Å². The summed E-state index contributed by atoms with van der Waals surface area (Å²) in [5.74, 6) is 2.89. The summed E-state index contributed by atoms with van der Waals surface area (Å²) in [5, 5.41) is 0. The molecule has 0 amide bonds. The van der Waals surface area contributed by atoms with Gasteiger partial charge in [0.15, 0.2) is 0 Å². The van der Waals surface area contributed by atoms with Gasteiger partial charge in [-0.1, -0.05) is 83.8 Å². The first-order valence-electron chi connectivity index (χ1n) is 7.43. The lowest BCUT2D eigenvalue weighted by Gasteiger charge is -2.11. The van der Waals surface area contributed by atoms with Crippen molar-refractivity contribution in [2.24, 2.45) is 0 Å². The smallest absolute Gasteiger partial charge is 0.0399 e. The first-order chi connectivity index (χ1) is 10.7.